The van der Waals surface area contributed by atoms with Crippen LogP contribution < -0.4 is 0 Å². The molecule has 244 valence electrons. The molecule has 1 aliphatic heterocycles. The number of aliphatic carboxylic acids is 1. The van der Waals surface area contributed by atoms with Gasteiger partial charge in [0, 0.05) is 17.8 Å². The van der Waals surface area contributed by atoms with Crippen LogP contribution in [-0.4, -0.2) is 58.1 Å². The van der Waals surface area contributed by atoms with Crippen LogP contribution in [0.5, 0.6) is 0 Å². The van der Waals surface area contributed by atoms with Gasteiger partial charge in [0.1, 0.15) is 18.6 Å². The molecule has 0 aromatic rings. The highest BCUT2D eigenvalue weighted by molar-refractivity contribution is 5.90. The minimum absolute atomic E-state index is 0.00948. The Hall–Kier alpha value is -1.67. The molecule has 43 heavy (non-hydrogen) atoms. The molecule has 11 atom stereocenters. The van der Waals surface area contributed by atoms with E-state index in [1.807, 2.05) is 13.8 Å². The molecule has 0 aromatic carbocycles. The van der Waals surface area contributed by atoms with E-state index in [0.717, 1.165) is 51.4 Å². The molecular weight excluding hydrogens is 548 g/mol. The molecule has 0 amide bonds. The van der Waals surface area contributed by atoms with Gasteiger partial charge in [-0.2, -0.15) is 0 Å². The Balaban J connectivity index is 1.49. The molecule has 4 aliphatic carbocycles. The molecule has 0 spiro atoms. The van der Waals surface area contributed by atoms with Gasteiger partial charge in [-0.25, -0.2) is 0 Å². The van der Waals surface area contributed by atoms with Crippen molar-refractivity contribution in [3.8, 4) is 0 Å². The summed E-state index contributed by atoms with van der Waals surface area (Å²) in [7, 11) is 0. The molecule has 4 saturated carbocycles. The van der Waals surface area contributed by atoms with Crippen molar-refractivity contribution in [2.75, 3.05) is 0 Å². The van der Waals surface area contributed by atoms with Crippen molar-refractivity contribution in [1.29, 1.82) is 0 Å². The van der Waals surface area contributed by atoms with Crippen molar-refractivity contribution in [1.82, 2.24) is 0 Å². The van der Waals surface area contributed by atoms with E-state index in [2.05, 4.69) is 41.5 Å². The molecule has 0 radical (unpaired) electrons. The van der Waals surface area contributed by atoms with Crippen molar-refractivity contribution < 1.29 is 38.8 Å². The Bertz CT molecular complexity index is 1140. The summed E-state index contributed by atoms with van der Waals surface area (Å²) in [5.74, 6) is -1.24. The van der Waals surface area contributed by atoms with E-state index in [0.29, 0.717) is 12.3 Å². The van der Waals surface area contributed by atoms with E-state index >= 15 is 0 Å². The summed E-state index contributed by atoms with van der Waals surface area (Å²) in [6, 6.07) is 0. The number of hydrogen-bond acceptors (Lipinski definition) is 7. The summed E-state index contributed by atoms with van der Waals surface area (Å²) in [6.45, 7) is 19.3. The lowest BCUT2D eigenvalue weighted by Crippen LogP contribution is -2.69. The van der Waals surface area contributed by atoms with Crippen LogP contribution >= 0.6 is 0 Å². The maximum absolute atomic E-state index is 12.7. The highest BCUT2D eigenvalue weighted by Gasteiger charge is 2.76. The lowest BCUT2D eigenvalue weighted by Gasteiger charge is -2.73. The van der Waals surface area contributed by atoms with Gasteiger partial charge in [0.15, 0.2) is 0 Å². The second-order valence-electron chi connectivity index (χ2n) is 17.0. The van der Waals surface area contributed by atoms with Crippen LogP contribution in [0.25, 0.3) is 0 Å². The van der Waals surface area contributed by atoms with Gasteiger partial charge in [-0.05, 0) is 106 Å². The van der Waals surface area contributed by atoms with Crippen molar-refractivity contribution in [3.05, 3.63) is 0 Å². The topological polar surface area (TPSA) is 119 Å². The Kier molecular flexibility index (Phi) is 7.94. The van der Waals surface area contributed by atoms with Gasteiger partial charge in [-0.1, -0.05) is 41.5 Å². The summed E-state index contributed by atoms with van der Waals surface area (Å²) < 4.78 is 18.8. The van der Waals surface area contributed by atoms with Crippen molar-refractivity contribution in [2.24, 2.45) is 44.8 Å². The highest BCUT2D eigenvalue weighted by atomic mass is 16.6. The Morgan fingerprint density at radius 2 is 1.53 bits per heavy atom. The number of ether oxygens (including phenoxy) is 3. The number of rotatable bonds is 6. The van der Waals surface area contributed by atoms with Crippen LogP contribution in [0.4, 0.5) is 0 Å². The molecule has 1 saturated heterocycles. The number of fused-ring (bicyclic) bond motifs is 5. The van der Waals surface area contributed by atoms with Crippen LogP contribution in [0.1, 0.15) is 127 Å². The van der Waals surface area contributed by atoms with E-state index in [1.165, 1.54) is 6.92 Å². The van der Waals surface area contributed by atoms with Crippen molar-refractivity contribution >= 4 is 17.9 Å². The molecule has 5 rings (SSSR count). The monoisotopic (exact) mass is 604 g/mol. The summed E-state index contributed by atoms with van der Waals surface area (Å²) in [4.78, 5) is 36.3. The Morgan fingerprint density at radius 3 is 2.12 bits per heavy atom. The first-order valence-corrected chi connectivity index (χ1v) is 16.7. The van der Waals surface area contributed by atoms with Crippen molar-refractivity contribution in [3.63, 3.8) is 0 Å². The largest absolute Gasteiger partial charge is 0.481 e. The van der Waals surface area contributed by atoms with E-state index < -0.39 is 24.0 Å². The molecular formula is C35H56O8. The first-order chi connectivity index (χ1) is 19.7. The van der Waals surface area contributed by atoms with E-state index in [-0.39, 0.29) is 69.3 Å². The Morgan fingerprint density at radius 1 is 0.860 bits per heavy atom. The molecule has 8 nitrogen and oxygen atoms in total. The lowest BCUT2D eigenvalue weighted by molar-refractivity contribution is -0.276. The molecule has 0 bridgehead atoms. The minimum atomic E-state index is -1.17. The maximum Gasteiger partial charge on any atom is 0.317 e. The van der Waals surface area contributed by atoms with Crippen LogP contribution in [0.2, 0.25) is 0 Å². The van der Waals surface area contributed by atoms with E-state index in [1.54, 1.807) is 0 Å². The van der Waals surface area contributed by atoms with Crippen LogP contribution in [0, 0.1) is 44.8 Å². The zero-order valence-electron chi connectivity index (χ0n) is 28.0. The predicted molar refractivity (Wildman–Crippen MR) is 161 cm³/mol. The summed E-state index contributed by atoms with van der Waals surface area (Å²) >= 11 is 0. The third kappa shape index (κ3) is 4.78. The van der Waals surface area contributed by atoms with Gasteiger partial charge in [0.2, 0.25) is 0 Å². The van der Waals surface area contributed by atoms with Gasteiger partial charge in [0.25, 0.3) is 0 Å². The number of carboxylic acid groups (broad SMARTS) is 1. The normalized spacial score (nSPS) is 47.2. The second-order valence-corrected chi connectivity index (χ2v) is 17.0. The number of aliphatic hydroxyl groups is 1. The van der Waals surface area contributed by atoms with Gasteiger partial charge >= 0.3 is 17.9 Å². The van der Waals surface area contributed by atoms with Gasteiger partial charge in [-0.15, -0.1) is 0 Å². The fourth-order valence-electron chi connectivity index (χ4n) is 12.0. The second kappa shape index (κ2) is 10.4. The molecule has 2 N–H and O–H groups in total. The first kappa shape index (κ1) is 32.7. The third-order valence-electron chi connectivity index (χ3n) is 14.4. The highest BCUT2D eigenvalue weighted by Crippen LogP contribution is 2.79. The molecule has 0 aromatic heterocycles. The van der Waals surface area contributed by atoms with Crippen molar-refractivity contribution in [2.45, 2.75) is 157 Å². The fourth-order valence-corrected chi connectivity index (χ4v) is 12.0. The lowest BCUT2D eigenvalue weighted by atomic mass is 9.32. The zero-order valence-corrected chi connectivity index (χ0v) is 28.0. The third-order valence-corrected chi connectivity index (χ3v) is 14.4. The van der Waals surface area contributed by atoms with Gasteiger partial charge in [-0.3, -0.25) is 14.4 Å². The quantitative estimate of drug-likeness (QED) is 0.268. The van der Waals surface area contributed by atoms with Gasteiger partial charge in [0.05, 0.1) is 17.8 Å². The number of hydrogen-bond donors (Lipinski definition) is 2. The smallest absolute Gasteiger partial charge is 0.317 e. The standard InChI is InChI=1S/C35H56O8/c1-20(36)41-27-18-24-32(6)15-14-25(43-29(39)19-28(37)38)30(2,3)23(32)13-16-33(24,7)34(8)17-12-21(35(27,34)9)22-10-11-26(42-22)31(4,5)40/h21-27,40H,10-19H2,1-9H3,(H,37,38)/t21-,22-,23-,24+,25+,26+,27+,32-,33+,34-,35+/m0/s1. The maximum atomic E-state index is 12.7. The SMILES string of the molecule is CC(=O)O[C@@H]1C[C@@H]2[C@@]3(C)CC[C@@H](OC(=O)CC(=O)O)C(C)(C)[C@@H]3CC[C@@]2(C)[C@]2(C)CC[C@@H]([C@@H]3CC[C@H](C(C)(C)O)O3)[C@]12C. The van der Waals surface area contributed by atoms with E-state index in [9.17, 15) is 19.5 Å². The molecule has 1 heterocycles. The number of carbonyl (C=O) groups excluding carboxylic acids is 2. The summed E-state index contributed by atoms with van der Waals surface area (Å²) in [6.07, 6.45) is 6.91. The molecule has 8 heteroatoms. The fraction of sp³-hybridized carbons (Fsp3) is 0.914. The summed E-state index contributed by atoms with van der Waals surface area (Å²) in [5, 5.41) is 19.8. The Labute approximate surface area is 258 Å². The van der Waals surface area contributed by atoms with Crippen LogP contribution in [0.15, 0.2) is 0 Å². The number of carboxylic acids is 1. The van der Waals surface area contributed by atoms with E-state index in [4.69, 9.17) is 19.3 Å². The summed E-state index contributed by atoms with van der Waals surface area (Å²) in [5.41, 5.74) is -1.61. The first-order valence-electron chi connectivity index (χ1n) is 16.7. The van der Waals surface area contributed by atoms with Crippen LogP contribution in [-0.2, 0) is 28.6 Å². The number of carbonyl (C=O) groups is 3. The molecule has 0 unspecified atom stereocenters. The zero-order chi connectivity index (χ0) is 32.0. The predicted octanol–water partition coefficient (Wildman–Crippen LogP) is 6.31. The minimum Gasteiger partial charge on any atom is -0.481 e. The van der Waals surface area contributed by atoms with Crippen LogP contribution in [0.3, 0.4) is 0 Å². The average Bonchev–Trinajstić information content (AvgIpc) is 3.46. The molecule has 5 fully saturated rings. The van der Waals surface area contributed by atoms with Gasteiger partial charge < -0.3 is 24.4 Å². The number of esters is 2. The average molecular weight is 605 g/mol. The molecule has 5 aliphatic rings.